The van der Waals surface area contributed by atoms with Gasteiger partial charge in [0.05, 0.1) is 12.0 Å². The van der Waals surface area contributed by atoms with Gasteiger partial charge in [-0.15, -0.1) is 0 Å². The lowest BCUT2D eigenvalue weighted by Crippen LogP contribution is -2.12. The summed E-state index contributed by atoms with van der Waals surface area (Å²) in [6.45, 7) is 0.324. The van der Waals surface area contributed by atoms with Crippen LogP contribution in [0.15, 0.2) is 54.9 Å². The number of anilines is 1. The molecule has 0 unspecified atom stereocenters. The van der Waals surface area contributed by atoms with Crippen molar-refractivity contribution in [3.63, 3.8) is 0 Å². The number of carbonyl (C=O) groups excluding carboxylic acids is 1. The summed E-state index contributed by atoms with van der Waals surface area (Å²) >= 11 is 0. The van der Waals surface area contributed by atoms with Gasteiger partial charge in [0.25, 0.3) is 5.91 Å². The van der Waals surface area contributed by atoms with Crippen LogP contribution in [0, 0.1) is 10.1 Å². The molecule has 0 saturated heterocycles. The summed E-state index contributed by atoms with van der Waals surface area (Å²) in [5.74, 6) is 1.04. The van der Waals surface area contributed by atoms with Gasteiger partial charge < -0.3 is 19.4 Å². The molecule has 0 aliphatic rings. The van der Waals surface area contributed by atoms with Gasteiger partial charge in [-0.1, -0.05) is 0 Å². The minimum Gasteiger partial charge on any atom is -0.490 e. The summed E-state index contributed by atoms with van der Waals surface area (Å²) in [5, 5.41) is 13.8. The zero-order chi connectivity index (χ0) is 20.1. The highest BCUT2D eigenvalue weighted by Gasteiger charge is 2.18. The summed E-state index contributed by atoms with van der Waals surface area (Å²) < 4.78 is 12.5. The smallest absolute Gasteiger partial charge is 0.311 e. The van der Waals surface area contributed by atoms with Gasteiger partial charge in [0.2, 0.25) is 0 Å². The molecule has 1 aromatic heterocycles. The number of benzene rings is 2. The van der Waals surface area contributed by atoms with Gasteiger partial charge >= 0.3 is 5.69 Å². The Balaban J connectivity index is 1.65. The zero-order valence-corrected chi connectivity index (χ0v) is 15.3. The Hall–Kier alpha value is -3.88. The second-order valence-electron chi connectivity index (χ2n) is 5.87. The number of ether oxygens (including phenoxy) is 2. The van der Waals surface area contributed by atoms with Crippen LogP contribution in [-0.2, 0) is 13.7 Å². The summed E-state index contributed by atoms with van der Waals surface area (Å²) in [5.41, 5.74) is 0.420. The Morgan fingerprint density at radius 1 is 1.25 bits per heavy atom. The molecule has 3 aromatic rings. The number of rotatable bonds is 7. The molecule has 144 valence electrons. The lowest BCUT2D eigenvalue weighted by atomic mass is 10.1. The predicted octanol–water partition coefficient (Wildman–Crippen LogP) is 3.17. The molecule has 28 heavy (non-hydrogen) atoms. The number of nitro groups is 1. The normalized spacial score (nSPS) is 10.4. The minimum atomic E-state index is -0.594. The van der Waals surface area contributed by atoms with Crippen LogP contribution >= 0.6 is 0 Å². The van der Waals surface area contributed by atoms with Gasteiger partial charge in [0.15, 0.2) is 5.75 Å². The summed E-state index contributed by atoms with van der Waals surface area (Å²) in [7, 11) is 3.22. The number of amides is 1. The Bertz CT molecular complexity index is 998. The topological polar surface area (TPSA) is 109 Å². The number of hydrogen-bond acceptors (Lipinski definition) is 6. The summed E-state index contributed by atoms with van der Waals surface area (Å²) in [6, 6.07) is 10.8. The molecule has 0 spiro atoms. The Labute approximate surface area is 160 Å². The molecule has 9 nitrogen and oxygen atoms in total. The largest absolute Gasteiger partial charge is 0.490 e. The van der Waals surface area contributed by atoms with Crippen LogP contribution in [0.25, 0.3) is 0 Å². The maximum absolute atomic E-state index is 12.4. The maximum atomic E-state index is 12.4. The first-order chi connectivity index (χ1) is 13.5. The van der Waals surface area contributed by atoms with Crippen molar-refractivity contribution in [1.29, 1.82) is 0 Å². The Morgan fingerprint density at radius 2 is 2.00 bits per heavy atom. The highest BCUT2D eigenvalue weighted by molar-refractivity contribution is 6.04. The maximum Gasteiger partial charge on any atom is 0.311 e. The average Bonchev–Trinajstić information content (AvgIpc) is 3.11. The van der Waals surface area contributed by atoms with Crippen LogP contribution < -0.4 is 14.8 Å². The van der Waals surface area contributed by atoms with E-state index in [-0.39, 0.29) is 17.0 Å². The van der Waals surface area contributed by atoms with E-state index < -0.39 is 10.8 Å². The van der Waals surface area contributed by atoms with E-state index in [1.54, 1.807) is 30.5 Å². The number of aryl methyl sites for hydroxylation is 1. The number of imidazole rings is 1. The third-order valence-electron chi connectivity index (χ3n) is 4.04. The summed E-state index contributed by atoms with van der Waals surface area (Å²) in [4.78, 5) is 27.1. The first kappa shape index (κ1) is 18.9. The van der Waals surface area contributed by atoms with E-state index in [1.807, 2.05) is 17.8 Å². The fourth-order valence-electron chi connectivity index (χ4n) is 2.50. The lowest BCUT2D eigenvalue weighted by molar-refractivity contribution is -0.385. The molecule has 1 N–H and O–H groups in total. The quantitative estimate of drug-likeness (QED) is 0.497. The third-order valence-corrected chi connectivity index (χ3v) is 4.04. The predicted molar refractivity (Wildman–Crippen MR) is 102 cm³/mol. The highest BCUT2D eigenvalue weighted by atomic mass is 16.6. The van der Waals surface area contributed by atoms with Gasteiger partial charge in [0.1, 0.15) is 18.2 Å². The standard InChI is InChI=1S/C19H18N4O5/c1-22-10-9-20-18(22)12-28-15-6-4-14(5-7-15)21-19(24)13-3-8-17(27-2)16(11-13)23(25)26/h3-11H,12H2,1-2H3,(H,21,24). The van der Waals surface area contributed by atoms with E-state index in [4.69, 9.17) is 9.47 Å². The molecule has 0 aliphatic carbocycles. The molecule has 0 aliphatic heterocycles. The lowest BCUT2D eigenvalue weighted by Gasteiger charge is -2.09. The second-order valence-corrected chi connectivity index (χ2v) is 5.87. The second kappa shape index (κ2) is 8.21. The third kappa shape index (κ3) is 4.26. The highest BCUT2D eigenvalue weighted by Crippen LogP contribution is 2.28. The first-order valence-electron chi connectivity index (χ1n) is 8.31. The molecular weight excluding hydrogens is 364 g/mol. The van der Waals surface area contributed by atoms with Crippen molar-refractivity contribution in [3.8, 4) is 11.5 Å². The van der Waals surface area contributed by atoms with Crippen LogP contribution in [0.5, 0.6) is 11.5 Å². The SMILES string of the molecule is COc1ccc(C(=O)Nc2ccc(OCc3nccn3C)cc2)cc1[N+](=O)[O-]. The molecule has 0 saturated carbocycles. The monoisotopic (exact) mass is 382 g/mol. The Morgan fingerprint density at radius 3 is 2.61 bits per heavy atom. The average molecular weight is 382 g/mol. The zero-order valence-electron chi connectivity index (χ0n) is 15.3. The van der Waals surface area contributed by atoms with Gasteiger partial charge in [-0.05, 0) is 36.4 Å². The van der Waals surface area contributed by atoms with Crippen LogP contribution in [-0.4, -0.2) is 27.5 Å². The number of hydrogen-bond donors (Lipinski definition) is 1. The van der Waals surface area contributed by atoms with Crippen LogP contribution in [0.4, 0.5) is 11.4 Å². The molecule has 0 bridgehead atoms. The van der Waals surface area contributed by atoms with Gasteiger partial charge in [-0.2, -0.15) is 0 Å². The fraction of sp³-hybridized carbons (Fsp3) is 0.158. The van der Waals surface area contributed by atoms with Crippen molar-refractivity contribution in [2.75, 3.05) is 12.4 Å². The van der Waals surface area contributed by atoms with E-state index in [2.05, 4.69) is 10.3 Å². The Kier molecular flexibility index (Phi) is 5.54. The van der Waals surface area contributed by atoms with Crippen LogP contribution in [0.3, 0.4) is 0 Å². The van der Waals surface area contributed by atoms with Gasteiger partial charge in [0, 0.05) is 36.8 Å². The molecular formula is C19H18N4O5. The molecule has 9 heteroatoms. The number of nitrogens with zero attached hydrogens (tertiary/aromatic N) is 3. The fourth-order valence-corrected chi connectivity index (χ4v) is 2.50. The van der Waals surface area contributed by atoms with Gasteiger partial charge in [-0.3, -0.25) is 14.9 Å². The van der Waals surface area contributed by atoms with Crippen molar-refractivity contribution in [3.05, 3.63) is 76.4 Å². The van der Waals surface area contributed by atoms with E-state index in [0.717, 1.165) is 5.82 Å². The molecule has 0 fully saturated rings. The molecule has 3 rings (SSSR count). The van der Waals surface area contributed by atoms with E-state index in [9.17, 15) is 14.9 Å². The minimum absolute atomic E-state index is 0.0933. The van der Waals surface area contributed by atoms with Crippen molar-refractivity contribution >= 4 is 17.3 Å². The molecule has 0 radical (unpaired) electrons. The van der Waals surface area contributed by atoms with Crippen molar-refractivity contribution < 1.29 is 19.2 Å². The van der Waals surface area contributed by atoms with Crippen LogP contribution in [0.2, 0.25) is 0 Å². The van der Waals surface area contributed by atoms with Gasteiger partial charge in [-0.25, -0.2) is 4.98 Å². The van der Waals surface area contributed by atoms with Crippen LogP contribution in [0.1, 0.15) is 16.2 Å². The van der Waals surface area contributed by atoms with Crippen molar-refractivity contribution in [2.45, 2.75) is 6.61 Å². The molecule has 1 amide bonds. The first-order valence-corrected chi connectivity index (χ1v) is 8.31. The molecule has 2 aromatic carbocycles. The number of carbonyl (C=O) groups is 1. The van der Waals surface area contributed by atoms with Crippen molar-refractivity contribution in [1.82, 2.24) is 9.55 Å². The van der Waals surface area contributed by atoms with E-state index in [0.29, 0.717) is 18.0 Å². The number of methoxy groups -OCH3 is 1. The van der Waals surface area contributed by atoms with E-state index >= 15 is 0 Å². The number of nitrogens with one attached hydrogen (secondary N) is 1. The van der Waals surface area contributed by atoms with Crippen molar-refractivity contribution in [2.24, 2.45) is 7.05 Å². The molecule has 0 atom stereocenters. The number of aromatic nitrogens is 2. The van der Waals surface area contributed by atoms with E-state index in [1.165, 1.54) is 25.3 Å². The summed E-state index contributed by atoms with van der Waals surface area (Å²) in [6.07, 6.45) is 3.53. The molecule has 1 heterocycles. The number of nitro benzene ring substituents is 1.